The van der Waals surface area contributed by atoms with Crippen molar-refractivity contribution in [2.75, 3.05) is 61.3 Å². The predicted octanol–water partition coefficient (Wildman–Crippen LogP) is 4.84. The number of nitrogens with zero attached hydrogens (tertiary/aromatic N) is 6. The Balaban J connectivity index is 0.913. The highest BCUT2D eigenvalue weighted by atomic mass is 19.4. The Kier molecular flexibility index (Phi) is 11.4. The standard InChI is InChI=1S/C40H46F3N9O5/c1-24(2)57-33-20-35-46-31(21-52(35)22-32(33)47-38(55)29-5-4-6-34(45-29)40(41,42)43)26-11-13-49(14-12-26)23-37(54)51-17-15-50(16-18-51)27-7-8-28(25(3)19-27)44-30-9-10-36(53)48-39(30)56/h4-8,19-22,24,26,30,44H,9-18,23H2,1-3H3,(H,47,55)(H,48,53,56). The van der Waals surface area contributed by atoms with Crippen LogP contribution in [0.4, 0.5) is 30.2 Å². The van der Waals surface area contributed by atoms with Crippen molar-refractivity contribution in [3.8, 4) is 5.75 Å². The molecule has 1 aromatic carbocycles. The number of piperidine rings is 2. The topological polar surface area (TPSA) is 154 Å². The van der Waals surface area contributed by atoms with Crippen molar-refractivity contribution in [2.24, 2.45) is 0 Å². The number of ether oxygens (including phenoxy) is 1. The van der Waals surface area contributed by atoms with Gasteiger partial charge in [0.15, 0.2) is 0 Å². The van der Waals surface area contributed by atoms with Crippen molar-refractivity contribution in [1.29, 1.82) is 0 Å². The summed E-state index contributed by atoms with van der Waals surface area (Å²) in [5, 5.41) is 8.31. The van der Waals surface area contributed by atoms with Gasteiger partial charge < -0.3 is 29.6 Å². The molecule has 57 heavy (non-hydrogen) atoms. The van der Waals surface area contributed by atoms with Crippen LogP contribution in [0.2, 0.25) is 0 Å². The normalized spacial score (nSPS) is 18.5. The molecule has 0 bridgehead atoms. The van der Waals surface area contributed by atoms with Crippen LogP contribution in [0, 0.1) is 6.92 Å². The third-order valence-corrected chi connectivity index (χ3v) is 10.6. The molecule has 6 heterocycles. The van der Waals surface area contributed by atoms with Crippen molar-refractivity contribution >= 4 is 46.3 Å². The van der Waals surface area contributed by atoms with Crippen LogP contribution in [0.1, 0.15) is 72.9 Å². The summed E-state index contributed by atoms with van der Waals surface area (Å²) in [5.74, 6) is -0.770. The number of piperazine rings is 1. The van der Waals surface area contributed by atoms with Gasteiger partial charge in [0.2, 0.25) is 17.7 Å². The number of imidazole rings is 1. The summed E-state index contributed by atoms with van der Waals surface area (Å²) in [6.45, 7) is 10.1. The van der Waals surface area contributed by atoms with Gasteiger partial charge in [-0.25, -0.2) is 9.97 Å². The monoisotopic (exact) mass is 789 g/mol. The lowest BCUT2D eigenvalue weighted by Gasteiger charge is -2.38. The number of fused-ring (bicyclic) bond motifs is 1. The number of nitrogens with one attached hydrogen (secondary N) is 3. The Hall–Kier alpha value is -5.71. The molecule has 7 rings (SSSR count). The molecule has 3 fully saturated rings. The molecule has 302 valence electrons. The number of halogens is 3. The number of rotatable bonds is 10. The van der Waals surface area contributed by atoms with E-state index in [-0.39, 0.29) is 41.1 Å². The fourth-order valence-electron chi connectivity index (χ4n) is 7.50. The number of alkyl halides is 3. The number of carbonyl (C=O) groups is 4. The van der Waals surface area contributed by atoms with E-state index in [1.54, 1.807) is 16.7 Å². The average molecular weight is 790 g/mol. The number of imide groups is 1. The summed E-state index contributed by atoms with van der Waals surface area (Å²) >= 11 is 0. The van der Waals surface area contributed by atoms with E-state index >= 15 is 0 Å². The van der Waals surface area contributed by atoms with Crippen molar-refractivity contribution in [2.45, 2.75) is 70.7 Å². The maximum Gasteiger partial charge on any atom is 0.433 e. The Morgan fingerprint density at radius 1 is 0.947 bits per heavy atom. The van der Waals surface area contributed by atoms with E-state index in [0.29, 0.717) is 57.0 Å². The zero-order chi connectivity index (χ0) is 40.4. The number of hydrogen-bond acceptors (Lipinski definition) is 10. The van der Waals surface area contributed by atoms with Crippen LogP contribution in [0.3, 0.4) is 0 Å². The zero-order valence-electron chi connectivity index (χ0n) is 32.1. The SMILES string of the molecule is Cc1cc(N2CCN(C(=O)CN3CCC(c4cn5cc(NC(=O)c6cccc(C(F)(F)F)n6)c(OC(C)C)cc5n4)CC3)CC2)ccc1NC1CCC(=O)NC1=O. The second-order valence-corrected chi connectivity index (χ2v) is 15.1. The smallest absolute Gasteiger partial charge is 0.433 e. The van der Waals surface area contributed by atoms with Crippen LogP contribution in [-0.4, -0.2) is 106 Å². The fourth-order valence-corrected chi connectivity index (χ4v) is 7.50. The van der Waals surface area contributed by atoms with Gasteiger partial charge in [0, 0.05) is 68.4 Å². The van der Waals surface area contributed by atoms with Gasteiger partial charge in [0.25, 0.3) is 5.91 Å². The molecule has 4 amide bonds. The van der Waals surface area contributed by atoms with Crippen LogP contribution in [0.5, 0.6) is 5.75 Å². The summed E-state index contributed by atoms with van der Waals surface area (Å²) in [6.07, 6.45) is 0.974. The molecular formula is C40H46F3N9O5. The van der Waals surface area contributed by atoms with Gasteiger partial charge in [-0.1, -0.05) is 6.07 Å². The van der Waals surface area contributed by atoms with Crippen LogP contribution >= 0.6 is 0 Å². The quantitative estimate of drug-likeness (QED) is 0.190. The second kappa shape index (κ2) is 16.4. The number of aromatic nitrogens is 3. The second-order valence-electron chi connectivity index (χ2n) is 15.1. The van der Waals surface area contributed by atoms with E-state index < -0.39 is 23.8 Å². The molecule has 1 atom stereocenters. The minimum absolute atomic E-state index is 0.105. The van der Waals surface area contributed by atoms with Crippen LogP contribution < -0.4 is 25.6 Å². The molecule has 3 aliphatic heterocycles. The zero-order valence-corrected chi connectivity index (χ0v) is 32.1. The van der Waals surface area contributed by atoms with Gasteiger partial charge >= 0.3 is 6.18 Å². The first-order valence-corrected chi connectivity index (χ1v) is 19.2. The first-order valence-electron chi connectivity index (χ1n) is 19.2. The van der Waals surface area contributed by atoms with Crippen LogP contribution in [0.25, 0.3) is 5.65 Å². The lowest BCUT2D eigenvalue weighted by molar-refractivity contribution is -0.141. The predicted molar refractivity (Wildman–Crippen MR) is 206 cm³/mol. The summed E-state index contributed by atoms with van der Waals surface area (Å²) < 4.78 is 47.4. The van der Waals surface area contributed by atoms with E-state index in [4.69, 9.17) is 9.72 Å². The molecule has 3 N–H and O–H groups in total. The minimum Gasteiger partial charge on any atom is -0.489 e. The fraction of sp³-hybridized carbons (Fsp3) is 0.450. The molecule has 3 saturated heterocycles. The first kappa shape index (κ1) is 39.5. The van der Waals surface area contributed by atoms with Gasteiger partial charge in [-0.05, 0) is 89.0 Å². The lowest BCUT2D eigenvalue weighted by atomic mass is 9.94. The molecule has 3 aliphatic rings. The molecule has 14 nitrogen and oxygen atoms in total. The number of anilines is 3. The van der Waals surface area contributed by atoms with Crippen LogP contribution in [0.15, 0.2) is 54.9 Å². The lowest BCUT2D eigenvalue weighted by Crippen LogP contribution is -2.52. The largest absolute Gasteiger partial charge is 0.489 e. The van der Waals surface area contributed by atoms with E-state index in [2.05, 4.69) is 36.8 Å². The maximum absolute atomic E-state index is 13.4. The molecule has 17 heteroatoms. The van der Waals surface area contributed by atoms with Crippen molar-refractivity contribution in [1.82, 2.24) is 29.5 Å². The molecule has 4 aromatic rings. The van der Waals surface area contributed by atoms with Gasteiger partial charge in [-0.3, -0.25) is 29.4 Å². The van der Waals surface area contributed by atoms with Gasteiger partial charge in [-0.15, -0.1) is 0 Å². The number of aryl methyl sites for hydroxylation is 1. The Morgan fingerprint density at radius 2 is 1.70 bits per heavy atom. The average Bonchev–Trinajstić information content (AvgIpc) is 3.59. The highest BCUT2D eigenvalue weighted by Gasteiger charge is 2.33. The number of carbonyl (C=O) groups excluding carboxylic acids is 4. The molecule has 1 unspecified atom stereocenters. The molecule has 0 aliphatic carbocycles. The van der Waals surface area contributed by atoms with E-state index in [1.807, 2.05) is 44.0 Å². The summed E-state index contributed by atoms with van der Waals surface area (Å²) in [6, 6.07) is 10.5. The van der Waals surface area contributed by atoms with Gasteiger partial charge in [-0.2, -0.15) is 13.2 Å². The van der Waals surface area contributed by atoms with E-state index in [0.717, 1.165) is 60.7 Å². The highest BCUT2D eigenvalue weighted by molar-refractivity contribution is 6.04. The number of hydrogen-bond donors (Lipinski definition) is 3. The summed E-state index contributed by atoms with van der Waals surface area (Å²) in [5.41, 5.74) is 3.11. The number of pyridine rings is 2. The third-order valence-electron chi connectivity index (χ3n) is 10.6. The number of benzene rings is 1. The van der Waals surface area contributed by atoms with E-state index in [9.17, 15) is 32.3 Å². The Bertz CT molecular complexity index is 2160. The number of amides is 4. The molecule has 0 radical (unpaired) electrons. The first-order chi connectivity index (χ1) is 27.2. The van der Waals surface area contributed by atoms with Gasteiger partial charge in [0.05, 0.1) is 18.3 Å². The van der Waals surface area contributed by atoms with Gasteiger partial charge in [0.1, 0.15) is 34.5 Å². The van der Waals surface area contributed by atoms with Crippen molar-refractivity contribution in [3.63, 3.8) is 0 Å². The number of likely N-dealkylation sites (tertiary alicyclic amines) is 1. The molecule has 0 saturated carbocycles. The molecular weight excluding hydrogens is 743 g/mol. The summed E-state index contributed by atoms with van der Waals surface area (Å²) in [4.78, 5) is 64.8. The Morgan fingerprint density at radius 3 is 2.39 bits per heavy atom. The molecule has 0 spiro atoms. The van der Waals surface area contributed by atoms with Crippen LogP contribution in [-0.2, 0) is 20.6 Å². The van der Waals surface area contributed by atoms with E-state index in [1.165, 1.54) is 6.07 Å². The Labute approximate surface area is 327 Å². The third kappa shape index (κ3) is 9.30. The minimum atomic E-state index is -4.69. The van der Waals surface area contributed by atoms with Crippen molar-refractivity contribution < 1.29 is 37.1 Å². The molecule has 3 aromatic heterocycles. The maximum atomic E-state index is 13.4. The summed E-state index contributed by atoms with van der Waals surface area (Å²) in [7, 11) is 0. The highest BCUT2D eigenvalue weighted by Crippen LogP contribution is 2.33. The van der Waals surface area contributed by atoms with Crippen molar-refractivity contribution in [3.05, 3.63) is 77.5 Å².